The number of carbonyl (C=O) groups is 1. The summed E-state index contributed by atoms with van der Waals surface area (Å²) in [6, 6.07) is 13.1. The molecule has 1 saturated carbocycles. The van der Waals surface area contributed by atoms with E-state index >= 15 is 0 Å². The second kappa shape index (κ2) is 7.72. The molecule has 28 heavy (non-hydrogen) atoms. The highest BCUT2D eigenvalue weighted by atomic mass is 35.5. The zero-order valence-electron chi connectivity index (χ0n) is 15.6. The first kappa shape index (κ1) is 18.6. The Bertz CT molecular complexity index is 1050. The van der Waals surface area contributed by atoms with E-state index in [1.165, 1.54) is 4.57 Å². The maximum Gasteiger partial charge on any atom is 0.419 e. The molecule has 1 aromatic heterocycles. The number of methoxy groups -OCH3 is 1. The van der Waals surface area contributed by atoms with Gasteiger partial charge < -0.3 is 14.1 Å². The lowest BCUT2D eigenvalue weighted by Gasteiger charge is -2.23. The smallest absolute Gasteiger partial charge is 0.419 e. The van der Waals surface area contributed by atoms with Crippen molar-refractivity contribution in [3.63, 3.8) is 0 Å². The summed E-state index contributed by atoms with van der Waals surface area (Å²) in [6.07, 6.45) is 2.29. The van der Waals surface area contributed by atoms with Crippen molar-refractivity contribution in [2.24, 2.45) is 0 Å². The van der Waals surface area contributed by atoms with Crippen LogP contribution in [0, 0.1) is 0 Å². The fourth-order valence-corrected chi connectivity index (χ4v) is 3.50. The van der Waals surface area contributed by atoms with Crippen LogP contribution < -0.4 is 10.5 Å². The van der Waals surface area contributed by atoms with Gasteiger partial charge in [0.05, 0.1) is 12.6 Å². The highest BCUT2D eigenvalue weighted by Gasteiger charge is 2.32. The largest absolute Gasteiger partial charge is 0.497 e. The lowest BCUT2D eigenvalue weighted by Crippen LogP contribution is -2.33. The van der Waals surface area contributed by atoms with E-state index < -0.39 is 5.76 Å². The minimum absolute atomic E-state index is 0.0357. The fourth-order valence-electron chi connectivity index (χ4n) is 3.34. The van der Waals surface area contributed by atoms with Crippen LogP contribution in [0.15, 0.2) is 51.7 Å². The number of benzene rings is 2. The SMILES string of the molecule is COc1ccc(CN(C(=O)CCn2c(=O)oc3cc(Cl)ccc32)C2CC2)cc1. The third kappa shape index (κ3) is 3.92. The Labute approximate surface area is 167 Å². The maximum absolute atomic E-state index is 12.9. The van der Waals surface area contributed by atoms with E-state index in [2.05, 4.69) is 0 Å². The lowest BCUT2D eigenvalue weighted by atomic mass is 10.2. The molecule has 2 aromatic carbocycles. The standard InChI is InChI=1S/C21H21ClN2O4/c1-27-17-7-2-14(3-8-17)13-24(16-5-6-16)20(25)10-11-23-18-9-4-15(22)12-19(18)28-21(23)26/h2-4,7-9,12,16H,5-6,10-11,13H2,1H3. The topological polar surface area (TPSA) is 64.7 Å². The molecule has 146 valence electrons. The van der Waals surface area contributed by atoms with Gasteiger partial charge >= 0.3 is 5.76 Å². The molecule has 0 spiro atoms. The molecule has 0 aliphatic heterocycles. The Balaban J connectivity index is 1.47. The third-order valence-electron chi connectivity index (χ3n) is 5.00. The Morgan fingerprint density at radius 2 is 2.00 bits per heavy atom. The molecular formula is C21H21ClN2O4. The Morgan fingerprint density at radius 3 is 2.68 bits per heavy atom. The average molecular weight is 401 g/mol. The van der Waals surface area contributed by atoms with Gasteiger partial charge in [-0.15, -0.1) is 0 Å². The predicted molar refractivity (Wildman–Crippen MR) is 107 cm³/mol. The van der Waals surface area contributed by atoms with Gasteiger partial charge in [0, 0.05) is 36.6 Å². The number of aryl methyl sites for hydroxylation is 1. The molecule has 1 amide bonds. The lowest BCUT2D eigenvalue weighted by molar-refractivity contribution is -0.132. The van der Waals surface area contributed by atoms with Gasteiger partial charge in [0.25, 0.3) is 0 Å². The number of halogens is 1. The molecule has 0 bridgehead atoms. The van der Waals surface area contributed by atoms with Gasteiger partial charge in [0.2, 0.25) is 5.91 Å². The van der Waals surface area contributed by atoms with E-state index in [1.807, 2.05) is 29.2 Å². The molecule has 1 aliphatic carbocycles. The van der Waals surface area contributed by atoms with E-state index in [-0.39, 0.29) is 24.9 Å². The van der Waals surface area contributed by atoms with Crippen LogP contribution in [0.4, 0.5) is 0 Å². The number of ether oxygens (including phenoxy) is 1. The van der Waals surface area contributed by atoms with Gasteiger partial charge in [-0.05, 0) is 42.7 Å². The van der Waals surface area contributed by atoms with Crippen molar-refractivity contribution in [2.75, 3.05) is 7.11 Å². The summed E-state index contributed by atoms with van der Waals surface area (Å²) in [7, 11) is 1.63. The van der Waals surface area contributed by atoms with E-state index in [0.717, 1.165) is 24.2 Å². The Morgan fingerprint density at radius 1 is 1.25 bits per heavy atom. The Hall–Kier alpha value is -2.73. The summed E-state index contributed by atoms with van der Waals surface area (Å²) in [5, 5.41) is 0.504. The van der Waals surface area contributed by atoms with Crippen molar-refractivity contribution in [1.82, 2.24) is 9.47 Å². The molecule has 1 fully saturated rings. The van der Waals surface area contributed by atoms with Crippen molar-refractivity contribution in [3.8, 4) is 5.75 Å². The van der Waals surface area contributed by atoms with Gasteiger partial charge in [-0.25, -0.2) is 4.79 Å². The zero-order valence-corrected chi connectivity index (χ0v) is 16.3. The summed E-state index contributed by atoms with van der Waals surface area (Å²) >= 11 is 5.95. The first-order valence-electron chi connectivity index (χ1n) is 9.26. The molecule has 0 radical (unpaired) electrons. The molecule has 0 atom stereocenters. The molecule has 0 N–H and O–H groups in total. The summed E-state index contributed by atoms with van der Waals surface area (Å²) in [5.74, 6) is 0.353. The molecule has 3 aromatic rings. The zero-order chi connectivity index (χ0) is 19.7. The summed E-state index contributed by atoms with van der Waals surface area (Å²) in [6.45, 7) is 0.836. The van der Waals surface area contributed by atoms with E-state index in [0.29, 0.717) is 22.7 Å². The van der Waals surface area contributed by atoms with Crippen LogP contribution in [0.2, 0.25) is 5.02 Å². The number of rotatable bonds is 7. The third-order valence-corrected chi connectivity index (χ3v) is 5.23. The van der Waals surface area contributed by atoms with Gasteiger partial charge in [0.15, 0.2) is 5.58 Å². The van der Waals surface area contributed by atoms with Crippen LogP contribution in [0.1, 0.15) is 24.8 Å². The van der Waals surface area contributed by atoms with Crippen LogP contribution in [0.3, 0.4) is 0 Å². The number of amides is 1. The molecular weight excluding hydrogens is 380 g/mol. The number of hydrogen-bond donors (Lipinski definition) is 0. The van der Waals surface area contributed by atoms with E-state index in [4.69, 9.17) is 20.8 Å². The molecule has 6 nitrogen and oxygen atoms in total. The van der Waals surface area contributed by atoms with Gasteiger partial charge in [-0.2, -0.15) is 0 Å². The van der Waals surface area contributed by atoms with Crippen molar-refractivity contribution in [1.29, 1.82) is 0 Å². The highest BCUT2D eigenvalue weighted by molar-refractivity contribution is 6.31. The van der Waals surface area contributed by atoms with Crippen LogP contribution in [0.5, 0.6) is 5.75 Å². The summed E-state index contributed by atoms with van der Waals surface area (Å²) in [5.41, 5.74) is 2.14. The molecule has 0 saturated heterocycles. The normalized spacial score (nSPS) is 13.6. The highest BCUT2D eigenvalue weighted by Crippen LogP contribution is 2.29. The second-order valence-corrected chi connectivity index (χ2v) is 7.42. The van der Waals surface area contributed by atoms with Crippen LogP contribution in [-0.2, 0) is 17.9 Å². The first-order valence-corrected chi connectivity index (χ1v) is 9.64. The maximum atomic E-state index is 12.9. The molecule has 4 rings (SSSR count). The minimum Gasteiger partial charge on any atom is -0.497 e. The van der Waals surface area contributed by atoms with Crippen LogP contribution in [0.25, 0.3) is 11.1 Å². The number of nitrogens with zero attached hydrogens (tertiary/aromatic N) is 2. The quantitative estimate of drug-likeness (QED) is 0.604. The summed E-state index contributed by atoms with van der Waals surface area (Å²) < 4.78 is 11.9. The fraction of sp³-hybridized carbons (Fsp3) is 0.333. The monoisotopic (exact) mass is 400 g/mol. The number of oxazole rings is 1. The van der Waals surface area contributed by atoms with Crippen molar-refractivity contribution < 1.29 is 13.9 Å². The molecule has 1 heterocycles. The van der Waals surface area contributed by atoms with Gasteiger partial charge in [0.1, 0.15) is 5.75 Å². The number of fused-ring (bicyclic) bond motifs is 1. The number of aromatic nitrogens is 1. The van der Waals surface area contributed by atoms with E-state index in [9.17, 15) is 9.59 Å². The van der Waals surface area contributed by atoms with Crippen molar-refractivity contribution in [3.05, 3.63) is 63.6 Å². The second-order valence-electron chi connectivity index (χ2n) is 6.98. The predicted octanol–water partition coefficient (Wildman–Crippen LogP) is 3.84. The summed E-state index contributed by atoms with van der Waals surface area (Å²) in [4.78, 5) is 26.9. The number of carbonyl (C=O) groups excluding carboxylic acids is 1. The molecule has 1 aliphatic rings. The van der Waals surface area contributed by atoms with E-state index in [1.54, 1.807) is 25.3 Å². The van der Waals surface area contributed by atoms with Crippen LogP contribution in [-0.4, -0.2) is 28.5 Å². The Kier molecular flexibility index (Phi) is 5.13. The first-order chi connectivity index (χ1) is 13.5. The van der Waals surface area contributed by atoms with Gasteiger partial charge in [-0.3, -0.25) is 9.36 Å². The average Bonchev–Trinajstić information content (AvgIpc) is 3.48. The number of hydrogen-bond acceptors (Lipinski definition) is 4. The van der Waals surface area contributed by atoms with Crippen molar-refractivity contribution >= 4 is 28.6 Å². The minimum atomic E-state index is -0.474. The van der Waals surface area contributed by atoms with Gasteiger partial charge in [-0.1, -0.05) is 23.7 Å². The van der Waals surface area contributed by atoms with Crippen molar-refractivity contribution in [2.45, 2.75) is 38.4 Å². The molecule has 0 unspecified atom stereocenters. The molecule has 7 heteroatoms. The van der Waals surface area contributed by atoms with Crippen LogP contribution >= 0.6 is 11.6 Å².